The first-order valence-electron chi connectivity index (χ1n) is 7.53. The van der Waals surface area contributed by atoms with Crippen molar-refractivity contribution >= 4 is 45.7 Å². The number of carbonyl (C=O) groups excluding carboxylic acids is 2. The van der Waals surface area contributed by atoms with Crippen molar-refractivity contribution in [2.75, 3.05) is 13.1 Å². The van der Waals surface area contributed by atoms with Crippen molar-refractivity contribution in [2.45, 2.75) is 18.9 Å². The zero-order chi connectivity index (χ0) is 16.2. The normalized spacial score (nSPS) is 15.4. The maximum atomic E-state index is 12.6. The maximum Gasteiger partial charge on any atom is 0.261 e. The highest BCUT2D eigenvalue weighted by Crippen LogP contribution is 2.18. The van der Waals surface area contributed by atoms with Crippen molar-refractivity contribution < 1.29 is 9.59 Å². The lowest BCUT2D eigenvalue weighted by Crippen LogP contribution is -2.46. The number of piperidine rings is 1. The van der Waals surface area contributed by atoms with E-state index in [4.69, 9.17) is 0 Å². The van der Waals surface area contributed by atoms with Crippen LogP contribution in [-0.2, 0) is 0 Å². The van der Waals surface area contributed by atoms with Gasteiger partial charge in [0.2, 0.25) is 0 Å². The summed E-state index contributed by atoms with van der Waals surface area (Å²) in [5.74, 6) is 0.0698. The highest BCUT2D eigenvalue weighted by Gasteiger charge is 2.25. The van der Waals surface area contributed by atoms with Crippen LogP contribution >= 0.6 is 33.9 Å². The molecule has 0 saturated carbocycles. The topological polar surface area (TPSA) is 49.4 Å². The van der Waals surface area contributed by atoms with Crippen LogP contribution in [0.3, 0.4) is 0 Å². The molecule has 0 spiro atoms. The van der Waals surface area contributed by atoms with Crippen LogP contribution in [-0.4, -0.2) is 35.8 Å². The predicted octanol–water partition coefficient (Wildman–Crippen LogP) is 3.39. The summed E-state index contributed by atoms with van der Waals surface area (Å²) < 4.78 is 0.975. The van der Waals surface area contributed by atoms with Crippen molar-refractivity contribution in [3.05, 3.63) is 55.8 Å². The van der Waals surface area contributed by atoms with Gasteiger partial charge in [0.25, 0.3) is 11.8 Å². The lowest BCUT2D eigenvalue weighted by molar-refractivity contribution is 0.0697. The zero-order valence-corrected chi connectivity index (χ0v) is 15.5. The van der Waals surface area contributed by atoms with Crippen LogP contribution in [0.25, 0.3) is 0 Å². The number of nitrogens with one attached hydrogen (secondary N) is 1. The number of nitrogens with zero attached hydrogens (tertiary/aromatic N) is 1. The van der Waals surface area contributed by atoms with Crippen LogP contribution in [0.5, 0.6) is 0 Å². The molecule has 3 rings (SSSR count). The summed E-state index contributed by atoms with van der Waals surface area (Å²) in [5.41, 5.74) is 0.758. The molecule has 4 nitrogen and oxygen atoms in total. The van der Waals surface area contributed by atoms with Gasteiger partial charge in [-0.3, -0.25) is 9.59 Å². The average Bonchev–Trinajstić information content (AvgIpc) is 3.10. The second-order valence-electron chi connectivity index (χ2n) is 5.50. The molecule has 1 aliphatic rings. The van der Waals surface area contributed by atoms with E-state index in [9.17, 15) is 9.59 Å². The molecule has 1 saturated heterocycles. The number of likely N-dealkylation sites (tertiary alicyclic amines) is 1. The van der Waals surface area contributed by atoms with Gasteiger partial charge in [-0.2, -0.15) is 0 Å². The third-order valence-corrected chi connectivity index (χ3v) is 5.78. The van der Waals surface area contributed by atoms with Gasteiger partial charge in [-0.25, -0.2) is 0 Å². The van der Waals surface area contributed by atoms with Crippen molar-refractivity contribution in [1.82, 2.24) is 10.2 Å². The molecule has 6 heteroatoms. The Bertz CT molecular complexity index is 694. The minimum atomic E-state index is -0.0117. The molecule has 1 aromatic carbocycles. The number of halogens is 1. The fourth-order valence-electron chi connectivity index (χ4n) is 2.70. The number of carbonyl (C=O) groups is 2. The van der Waals surface area contributed by atoms with Gasteiger partial charge >= 0.3 is 0 Å². The Morgan fingerprint density at radius 1 is 1.13 bits per heavy atom. The summed E-state index contributed by atoms with van der Waals surface area (Å²) in [6.07, 6.45) is 1.60. The van der Waals surface area contributed by atoms with Gasteiger partial charge in [-0.05, 0) is 59.0 Å². The summed E-state index contributed by atoms with van der Waals surface area (Å²) in [7, 11) is 0. The molecule has 1 aromatic heterocycles. The minimum absolute atomic E-state index is 0.0117. The van der Waals surface area contributed by atoms with Crippen LogP contribution in [0.15, 0.2) is 41.8 Å². The van der Waals surface area contributed by atoms with Crippen molar-refractivity contribution in [1.29, 1.82) is 0 Å². The Labute approximate surface area is 153 Å². The molecule has 0 aliphatic carbocycles. The second-order valence-corrected chi connectivity index (χ2v) is 7.61. The quantitative estimate of drug-likeness (QED) is 0.745. The van der Waals surface area contributed by atoms with Gasteiger partial charge in [0, 0.05) is 22.7 Å². The Hall–Kier alpha value is -1.41. The first kappa shape index (κ1) is 16.4. The van der Waals surface area contributed by atoms with Crippen LogP contribution in [0.4, 0.5) is 0 Å². The number of rotatable bonds is 3. The fraction of sp³-hybridized carbons (Fsp3) is 0.294. The van der Waals surface area contributed by atoms with Gasteiger partial charge in [-0.15, -0.1) is 11.3 Å². The monoisotopic (exact) mass is 440 g/mol. The van der Waals surface area contributed by atoms with Gasteiger partial charge in [-0.1, -0.05) is 18.2 Å². The van der Waals surface area contributed by atoms with E-state index in [2.05, 4.69) is 27.9 Å². The highest BCUT2D eigenvalue weighted by molar-refractivity contribution is 14.1. The molecule has 23 heavy (non-hydrogen) atoms. The van der Waals surface area contributed by atoms with Crippen LogP contribution < -0.4 is 5.32 Å². The molecular weight excluding hydrogens is 423 g/mol. The highest BCUT2D eigenvalue weighted by atomic mass is 127. The molecule has 0 unspecified atom stereocenters. The molecule has 1 aliphatic heterocycles. The van der Waals surface area contributed by atoms with E-state index in [0.29, 0.717) is 13.1 Å². The van der Waals surface area contributed by atoms with E-state index in [1.165, 1.54) is 11.3 Å². The standard InChI is InChI=1S/C17H17IN2O2S/c18-14-5-2-1-4-13(14)17(22)20-9-7-12(8-10-20)19-16(21)15-6-3-11-23-15/h1-6,11-12H,7-10H2,(H,19,21). The summed E-state index contributed by atoms with van der Waals surface area (Å²) in [6.45, 7) is 1.36. The Balaban J connectivity index is 1.55. The SMILES string of the molecule is O=C(NC1CCN(C(=O)c2ccccc2I)CC1)c1cccs1. The molecule has 2 aromatic rings. The molecule has 0 bridgehead atoms. The van der Waals surface area contributed by atoms with E-state index < -0.39 is 0 Å². The smallest absolute Gasteiger partial charge is 0.261 e. The molecule has 0 atom stereocenters. The summed E-state index contributed by atoms with van der Waals surface area (Å²) in [6, 6.07) is 11.5. The van der Waals surface area contributed by atoms with Crippen LogP contribution in [0.1, 0.15) is 32.9 Å². The van der Waals surface area contributed by atoms with E-state index in [0.717, 1.165) is 26.9 Å². The number of hydrogen-bond donors (Lipinski definition) is 1. The number of hydrogen-bond acceptors (Lipinski definition) is 3. The molecule has 1 fully saturated rings. The second kappa shape index (κ2) is 7.44. The van der Waals surface area contributed by atoms with Crippen LogP contribution in [0, 0.1) is 3.57 Å². The molecule has 2 amide bonds. The predicted molar refractivity (Wildman–Crippen MR) is 99.9 cm³/mol. The van der Waals surface area contributed by atoms with E-state index in [-0.39, 0.29) is 17.9 Å². The number of amides is 2. The van der Waals surface area contributed by atoms with Crippen LogP contribution in [0.2, 0.25) is 0 Å². The maximum absolute atomic E-state index is 12.6. The molecule has 0 radical (unpaired) electrons. The average molecular weight is 440 g/mol. The summed E-state index contributed by atoms with van der Waals surface area (Å²) in [4.78, 5) is 27.3. The van der Waals surface area contributed by atoms with E-state index in [1.54, 1.807) is 0 Å². The summed E-state index contributed by atoms with van der Waals surface area (Å²) >= 11 is 3.64. The Morgan fingerprint density at radius 3 is 2.52 bits per heavy atom. The van der Waals surface area contributed by atoms with Crippen molar-refractivity contribution in [3.63, 3.8) is 0 Å². The first-order valence-corrected chi connectivity index (χ1v) is 9.49. The minimum Gasteiger partial charge on any atom is -0.348 e. The van der Waals surface area contributed by atoms with E-state index in [1.807, 2.05) is 46.7 Å². The lowest BCUT2D eigenvalue weighted by atomic mass is 10.0. The number of benzene rings is 1. The first-order chi connectivity index (χ1) is 11.1. The third-order valence-electron chi connectivity index (χ3n) is 3.97. The fourth-order valence-corrected chi connectivity index (χ4v) is 3.94. The van der Waals surface area contributed by atoms with Gasteiger partial charge in [0.15, 0.2) is 0 Å². The Morgan fingerprint density at radius 2 is 1.87 bits per heavy atom. The van der Waals surface area contributed by atoms with Gasteiger partial charge in [0.1, 0.15) is 0 Å². The Kier molecular flexibility index (Phi) is 5.32. The van der Waals surface area contributed by atoms with Gasteiger partial charge < -0.3 is 10.2 Å². The summed E-state index contributed by atoms with van der Waals surface area (Å²) in [5, 5.41) is 4.96. The van der Waals surface area contributed by atoms with E-state index >= 15 is 0 Å². The van der Waals surface area contributed by atoms with Gasteiger partial charge in [0.05, 0.1) is 10.4 Å². The largest absolute Gasteiger partial charge is 0.348 e. The zero-order valence-electron chi connectivity index (χ0n) is 12.5. The van der Waals surface area contributed by atoms with Crippen molar-refractivity contribution in [3.8, 4) is 0 Å². The lowest BCUT2D eigenvalue weighted by Gasteiger charge is -2.32. The number of thiophene rings is 1. The third kappa shape index (κ3) is 3.92. The molecule has 120 valence electrons. The molecule has 1 N–H and O–H groups in total. The molecule has 2 heterocycles. The molecular formula is C17H17IN2O2S. The van der Waals surface area contributed by atoms with Crippen molar-refractivity contribution in [2.24, 2.45) is 0 Å².